The highest BCUT2D eigenvalue weighted by Gasteiger charge is 2.25. The molecule has 1 atom stereocenters. The lowest BCUT2D eigenvalue weighted by atomic mass is 9.93. The molecule has 0 N–H and O–H groups in total. The summed E-state index contributed by atoms with van der Waals surface area (Å²) < 4.78 is 12.5. The van der Waals surface area contributed by atoms with E-state index in [1.54, 1.807) is 10.9 Å². The zero-order valence-corrected chi connectivity index (χ0v) is 15.6. The maximum Gasteiger partial charge on any atom is 0.244 e. The van der Waals surface area contributed by atoms with Crippen LogP contribution in [0.25, 0.3) is 0 Å². The molecule has 2 aromatic rings. The molecule has 0 bridgehead atoms. The van der Waals surface area contributed by atoms with Crippen LogP contribution in [0, 0.1) is 5.92 Å². The smallest absolute Gasteiger partial charge is 0.244 e. The Kier molecular flexibility index (Phi) is 5.81. The lowest BCUT2D eigenvalue weighted by Crippen LogP contribution is -2.41. The molecular weight excluding hydrogens is 346 g/mol. The third-order valence-electron chi connectivity index (χ3n) is 5.56. The van der Waals surface area contributed by atoms with Gasteiger partial charge in [0.05, 0.1) is 0 Å². The predicted octanol–water partition coefficient (Wildman–Crippen LogP) is 2.03. The number of carbonyl (C=O) groups excluding carboxylic acids is 1. The third-order valence-corrected chi connectivity index (χ3v) is 5.56. The number of hydrogen-bond donors (Lipinski definition) is 0. The fourth-order valence-corrected chi connectivity index (χ4v) is 3.97. The highest BCUT2D eigenvalue weighted by molar-refractivity contribution is 5.76. The Balaban J connectivity index is 1.25. The minimum absolute atomic E-state index is 0.143. The van der Waals surface area contributed by atoms with Crippen LogP contribution in [-0.4, -0.2) is 57.0 Å². The number of nitrogens with zero attached hydrogens (tertiary/aromatic N) is 5. The van der Waals surface area contributed by atoms with Crippen molar-refractivity contribution in [1.29, 1.82) is 0 Å². The van der Waals surface area contributed by atoms with Crippen molar-refractivity contribution < 1.29 is 14.1 Å². The van der Waals surface area contributed by atoms with Gasteiger partial charge in [-0.15, -0.1) is 0 Å². The first kappa shape index (κ1) is 18.2. The van der Waals surface area contributed by atoms with Crippen molar-refractivity contribution in [3.63, 3.8) is 0 Å². The Morgan fingerprint density at radius 2 is 2.15 bits per heavy atom. The highest BCUT2D eigenvalue weighted by atomic mass is 16.5. The third kappa shape index (κ3) is 4.74. The molecule has 0 aliphatic carbocycles. The van der Waals surface area contributed by atoms with Gasteiger partial charge in [0.1, 0.15) is 6.54 Å². The lowest BCUT2D eigenvalue weighted by Gasteiger charge is -2.32. The van der Waals surface area contributed by atoms with Crippen LogP contribution in [0.15, 0.2) is 23.0 Å². The summed E-state index contributed by atoms with van der Waals surface area (Å²) >= 11 is 0. The van der Waals surface area contributed by atoms with E-state index in [9.17, 15) is 4.79 Å². The van der Waals surface area contributed by atoms with Gasteiger partial charge in [0.15, 0.2) is 5.82 Å². The summed E-state index contributed by atoms with van der Waals surface area (Å²) in [4.78, 5) is 19.0. The quantitative estimate of drug-likeness (QED) is 0.770. The fourth-order valence-electron chi connectivity index (χ4n) is 3.97. The van der Waals surface area contributed by atoms with Gasteiger partial charge in [0.25, 0.3) is 0 Å². The van der Waals surface area contributed by atoms with Crippen molar-refractivity contribution in [2.75, 3.05) is 26.3 Å². The fraction of sp³-hybridized carbons (Fsp3) is 0.684. The van der Waals surface area contributed by atoms with Gasteiger partial charge in [-0.2, -0.15) is 10.1 Å². The molecule has 8 heteroatoms. The number of ether oxygens (including phenoxy) is 1. The molecule has 146 valence electrons. The summed E-state index contributed by atoms with van der Waals surface area (Å²) in [6.45, 7) is 3.51. The van der Waals surface area contributed by atoms with Gasteiger partial charge in [-0.1, -0.05) is 5.16 Å². The largest absolute Gasteiger partial charge is 0.381 e. The SMILES string of the molecule is O=C(Cn1cccn1)N1CCCC(CCc2noc(C3CCOCC3)n2)C1. The van der Waals surface area contributed by atoms with Crippen molar-refractivity contribution in [2.24, 2.45) is 5.92 Å². The molecule has 8 nitrogen and oxygen atoms in total. The summed E-state index contributed by atoms with van der Waals surface area (Å²) in [7, 11) is 0. The summed E-state index contributed by atoms with van der Waals surface area (Å²) in [5, 5.41) is 8.28. The lowest BCUT2D eigenvalue weighted by molar-refractivity contribution is -0.133. The van der Waals surface area contributed by atoms with Crippen LogP contribution < -0.4 is 0 Å². The van der Waals surface area contributed by atoms with E-state index in [0.29, 0.717) is 18.4 Å². The highest BCUT2D eigenvalue weighted by Crippen LogP contribution is 2.26. The van der Waals surface area contributed by atoms with E-state index < -0.39 is 0 Å². The van der Waals surface area contributed by atoms with Gasteiger partial charge >= 0.3 is 0 Å². The molecular formula is C19H27N5O3. The van der Waals surface area contributed by atoms with E-state index in [1.165, 1.54) is 0 Å². The zero-order chi connectivity index (χ0) is 18.5. The van der Waals surface area contributed by atoms with Crippen molar-refractivity contribution in [3.8, 4) is 0 Å². The van der Waals surface area contributed by atoms with Gasteiger partial charge in [0, 0.05) is 51.0 Å². The number of carbonyl (C=O) groups is 1. The minimum atomic E-state index is 0.143. The second-order valence-electron chi connectivity index (χ2n) is 7.53. The molecule has 2 aromatic heterocycles. The Morgan fingerprint density at radius 3 is 2.96 bits per heavy atom. The number of aryl methyl sites for hydroxylation is 1. The first-order valence-electron chi connectivity index (χ1n) is 9.93. The molecule has 2 aliphatic heterocycles. The van der Waals surface area contributed by atoms with Crippen LogP contribution in [0.5, 0.6) is 0 Å². The van der Waals surface area contributed by atoms with Crippen LogP contribution in [-0.2, 0) is 22.5 Å². The number of likely N-dealkylation sites (tertiary alicyclic amines) is 1. The molecule has 0 saturated carbocycles. The molecule has 2 fully saturated rings. The van der Waals surface area contributed by atoms with Crippen LogP contribution >= 0.6 is 0 Å². The van der Waals surface area contributed by atoms with E-state index >= 15 is 0 Å². The topological polar surface area (TPSA) is 86.3 Å². The second kappa shape index (κ2) is 8.65. The normalized spacial score (nSPS) is 21.5. The van der Waals surface area contributed by atoms with Crippen molar-refractivity contribution in [1.82, 2.24) is 24.8 Å². The maximum absolute atomic E-state index is 12.5. The number of aromatic nitrogens is 4. The average Bonchev–Trinajstić information content (AvgIpc) is 3.39. The molecule has 1 unspecified atom stereocenters. The first-order valence-corrected chi connectivity index (χ1v) is 9.93. The Labute approximate surface area is 158 Å². The summed E-state index contributed by atoms with van der Waals surface area (Å²) in [5.74, 6) is 2.52. The van der Waals surface area contributed by atoms with E-state index in [4.69, 9.17) is 9.26 Å². The van der Waals surface area contributed by atoms with Crippen LogP contribution in [0.4, 0.5) is 0 Å². The molecule has 27 heavy (non-hydrogen) atoms. The van der Waals surface area contributed by atoms with Crippen LogP contribution in [0.3, 0.4) is 0 Å². The summed E-state index contributed by atoms with van der Waals surface area (Å²) in [6, 6.07) is 1.84. The van der Waals surface area contributed by atoms with Gasteiger partial charge in [-0.25, -0.2) is 0 Å². The Hall–Kier alpha value is -2.22. The molecule has 4 rings (SSSR count). The second-order valence-corrected chi connectivity index (χ2v) is 7.53. The van der Waals surface area contributed by atoms with Crippen LogP contribution in [0.1, 0.15) is 49.7 Å². The predicted molar refractivity (Wildman–Crippen MR) is 96.9 cm³/mol. The van der Waals surface area contributed by atoms with E-state index in [2.05, 4.69) is 15.2 Å². The molecule has 4 heterocycles. The minimum Gasteiger partial charge on any atom is -0.381 e. The van der Waals surface area contributed by atoms with E-state index in [-0.39, 0.29) is 5.91 Å². The average molecular weight is 373 g/mol. The van der Waals surface area contributed by atoms with Gasteiger partial charge in [-0.3, -0.25) is 9.48 Å². The van der Waals surface area contributed by atoms with Crippen molar-refractivity contribution in [3.05, 3.63) is 30.2 Å². The summed E-state index contributed by atoms with van der Waals surface area (Å²) in [5.41, 5.74) is 0. The molecule has 0 radical (unpaired) electrons. The Bertz CT molecular complexity index is 724. The maximum atomic E-state index is 12.5. The van der Waals surface area contributed by atoms with Crippen molar-refractivity contribution >= 4 is 5.91 Å². The molecule has 1 amide bonds. The van der Waals surface area contributed by atoms with Crippen molar-refractivity contribution in [2.45, 2.75) is 51.0 Å². The summed E-state index contributed by atoms with van der Waals surface area (Å²) in [6.07, 6.45) is 9.43. The molecule has 0 aromatic carbocycles. The van der Waals surface area contributed by atoms with E-state index in [0.717, 1.165) is 76.5 Å². The first-order chi connectivity index (χ1) is 13.3. The van der Waals surface area contributed by atoms with Gasteiger partial charge in [-0.05, 0) is 44.1 Å². The number of piperidine rings is 1. The Morgan fingerprint density at radius 1 is 1.26 bits per heavy atom. The van der Waals surface area contributed by atoms with Gasteiger partial charge < -0.3 is 14.2 Å². The number of amides is 1. The standard InChI is InChI=1S/C19H27N5O3/c25-18(14-24-10-2-8-20-24)23-9-1-3-15(13-23)4-5-17-21-19(27-22-17)16-6-11-26-12-7-16/h2,8,10,15-16H,1,3-7,9,11-14H2. The molecule has 2 aliphatic rings. The zero-order valence-electron chi connectivity index (χ0n) is 15.6. The number of rotatable bonds is 6. The molecule has 0 spiro atoms. The van der Waals surface area contributed by atoms with Gasteiger partial charge in [0.2, 0.25) is 11.8 Å². The molecule has 2 saturated heterocycles. The number of hydrogen-bond acceptors (Lipinski definition) is 6. The monoisotopic (exact) mass is 373 g/mol. The van der Waals surface area contributed by atoms with Crippen LogP contribution in [0.2, 0.25) is 0 Å². The van der Waals surface area contributed by atoms with E-state index in [1.807, 2.05) is 17.2 Å².